The predicted octanol–water partition coefficient (Wildman–Crippen LogP) is 9.96. The van der Waals surface area contributed by atoms with Crippen LogP contribution in [-0.2, 0) is 5.41 Å². The molecule has 0 atom stereocenters. The standard InChI is InChI=1S/C42H30N2/c1-28(30-15-5-3-6-16-30)43-41(31-17-7-4-8-18-31)44-29(2)32-25-26-36-35-21-11-14-24-39(35)42(40(36)27-32)37-22-12-9-19-33(37)34-20-10-13-23-38(34)42/h3-27H,1H2,2H3. The van der Waals surface area contributed by atoms with Crippen LogP contribution in [0.3, 0.4) is 0 Å². The summed E-state index contributed by atoms with van der Waals surface area (Å²) >= 11 is 0. The Balaban J connectivity index is 1.32. The van der Waals surface area contributed by atoms with Crippen LogP contribution in [0.25, 0.3) is 28.0 Å². The molecule has 8 rings (SSSR count). The monoisotopic (exact) mass is 562 g/mol. The molecule has 0 saturated heterocycles. The SMILES string of the molecule is C=C(N=C(N=C(C)c1ccc2c(c1)C1(c3ccccc3-c3ccccc31)c1ccccc1-2)c1ccccc1)c1ccccc1. The van der Waals surface area contributed by atoms with Gasteiger partial charge in [-0.05, 0) is 68.6 Å². The molecule has 6 aromatic rings. The van der Waals surface area contributed by atoms with Gasteiger partial charge < -0.3 is 0 Å². The van der Waals surface area contributed by atoms with Gasteiger partial charge in [0.1, 0.15) is 0 Å². The van der Waals surface area contributed by atoms with Crippen LogP contribution in [0.1, 0.15) is 45.9 Å². The number of benzene rings is 6. The summed E-state index contributed by atoms with van der Waals surface area (Å²) < 4.78 is 0. The van der Waals surface area contributed by atoms with Gasteiger partial charge in [0.05, 0.1) is 11.1 Å². The summed E-state index contributed by atoms with van der Waals surface area (Å²) in [5, 5.41) is 0. The summed E-state index contributed by atoms with van der Waals surface area (Å²) in [7, 11) is 0. The first kappa shape index (κ1) is 26.1. The van der Waals surface area contributed by atoms with Gasteiger partial charge in [0.25, 0.3) is 0 Å². The van der Waals surface area contributed by atoms with Gasteiger partial charge in [0, 0.05) is 11.3 Å². The smallest absolute Gasteiger partial charge is 0.160 e. The number of hydrogen-bond acceptors (Lipinski definition) is 1. The molecule has 208 valence electrons. The number of aliphatic imine (C=N–C) groups is 2. The van der Waals surface area contributed by atoms with E-state index in [0.29, 0.717) is 11.5 Å². The van der Waals surface area contributed by atoms with Crippen molar-refractivity contribution in [3.63, 3.8) is 0 Å². The molecule has 0 unspecified atom stereocenters. The minimum absolute atomic E-state index is 0.382. The van der Waals surface area contributed by atoms with Gasteiger partial charge >= 0.3 is 0 Å². The summed E-state index contributed by atoms with van der Waals surface area (Å²) in [5.41, 5.74) is 14.7. The van der Waals surface area contributed by atoms with Crippen LogP contribution in [-0.4, -0.2) is 11.5 Å². The lowest BCUT2D eigenvalue weighted by atomic mass is 9.70. The van der Waals surface area contributed by atoms with E-state index in [1.54, 1.807) is 0 Å². The van der Waals surface area contributed by atoms with Gasteiger partial charge in [0.15, 0.2) is 5.84 Å². The van der Waals surface area contributed by atoms with Crippen LogP contribution in [0, 0.1) is 0 Å². The maximum Gasteiger partial charge on any atom is 0.160 e. The highest BCUT2D eigenvalue weighted by atomic mass is 14.9. The predicted molar refractivity (Wildman–Crippen MR) is 183 cm³/mol. The Kier molecular flexibility index (Phi) is 6.09. The molecule has 0 radical (unpaired) electrons. The molecular formula is C42H30N2. The Hall–Kier alpha value is -5.60. The maximum absolute atomic E-state index is 5.17. The highest BCUT2D eigenvalue weighted by Crippen LogP contribution is 2.62. The topological polar surface area (TPSA) is 24.7 Å². The Labute approximate surface area is 258 Å². The summed E-state index contributed by atoms with van der Waals surface area (Å²) in [6.45, 7) is 6.35. The first-order chi connectivity index (χ1) is 21.7. The third kappa shape index (κ3) is 3.88. The fourth-order valence-electron chi connectivity index (χ4n) is 7.11. The fraction of sp³-hybridized carbons (Fsp3) is 0.0476. The second kappa shape index (κ2) is 10.3. The zero-order valence-electron chi connectivity index (χ0n) is 24.5. The molecule has 0 N–H and O–H groups in total. The van der Waals surface area contributed by atoms with E-state index < -0.39 is 0 Å². The number of rotatable bonds is 4. The van der Waals surface area contributed by atoms with Crippen molar-refractivity contribution in [1.29, 1.82) is 0 Å². The zero-order chi connectivity index (χ0) is 29.7. The molecule has 0 heterocycles. The van der Waals surface area contributed by atoms with E-state index in [-0.39, 0.29) is 5.41 Å². The third-order valence-electron chi connectivity index (χ3n) is 9.07. The lowest BCUT2D eigenvalue weighted by Crippen LogP contribution is -2.26. The van der Waals surface area contributed by atoms with E-state index in [4.69, 9.17) is 9.98 Å². The molecule has 6 aromatic carbocycles. The lowest BCUT2D eigenvalue weighted by molar-refractivity contribution is 0.793. The van der Waals surface area contributed by atoms with Crippen molar-refractivity contribution in [2.24, 2.45) is 9.98 Å². The molecule has 0 amide bonds. The normalized spacial score (nSPS) is 14.1. The molecule has 1 spiro atoms. The fourth-order valence-corrected chi connectivity index (χ4v) is 7.11. The van der Waals surface area contributed by atoms with Crippen molar-refractivity contribution >= 4 is 17.2 Å². The highest BCUT2D eigenvalue weighted by molar-refractivity contribution is 6.13. The molecule has 2 aliphatic carbocycles. The first-order valence-electron chi connectivity index (χ1n) is 15.0. The number of hydrogen-bond donors (Lipinski definition) is 0. The molecule has 2 heteroatoms. The zero-order valence-corrected chi connectivity index (χ0v) is 24.5. The van der Waals surface area contributed by atoms with Crippen molar-refractivity contribution in [3.8, 4) is 22.3 Å². The van der Waals surface area contributed by atoms with Crippen LogP contribution in [0.2, 0.25) is 0 Å². The van der Waals surface area contributed by atoms with Gasteiger partial charge in [-0.2, -0.15) is 0 Å². The molecule has 0 aromatic heterocycles. The lowest BCUT2D eigenvalue weighted by Gasteiger charge is -2.30. The minimum Gasteiger partial charge on any atom is -0.233 e. The Morgan fingerprint density at radius 3 is 1.45 bits per heavy atom. The van der Waals surface area contributed by atoms with Crippen molar-refractivity contribution < 1.29 is 0 Å². The average molecular weight is 563 g/mol. The summed E-state index contributed by atoms with van der Waals surface area (Å²) in [6, 6.07) is 53.8. The van der Waals surface area contributed by atoms with Gasteiger partial charge in [0.2, 0.25) is 0 Å². The molecule has 0 aliphatic heterocycles. The van der Waals surface area contributed by atoms with Crippen LogP contribution >= 0.6 is 0 Å². The molecule has 2 nitrogen and oxygen atoms in total. The van der Waals surface area contributed by atoms with Gasteiger partial charge in [-0.3, -0.25) is 0 Å². The van der Waals surface area contributed by atoms with E-state index in [9.17, 15) is 0 Å². The maximum atomic E-state index is 5.17. The van der Waals surface area contributed by atoms with Crippen molar-refractivity contribution in [3.05, 3.63) is 197 Å². The summed E-state index contributed by atoms with van der Waals surface area (Å²) in [4.78, 5) is 10.1. The summed E-state index contributed by atoms with van der Waals surface area (Å²) in [6.07, 6.45) is 0. The van der Waals surface area contributed by atoms with E-state index in [0.717, 1.165) is 22.4 Å². The molecular weight excluding hydrogens is 532 g/mol. The van der Waals surface area contributed by atoms with Gasteiger partial charge in [-0.25, -0.2) is 9.98 Å². The Morgan fingerprint density at radius 2 is 0.909 bits per heavy atom. The van der Waals surface area contributed by atoms with E-state index in [2.05, 4.69) is 117 Å². The van der Waals surface area contributed by atoms with E-state index in [1.165, 1.54) is 44.5 Å². The van der Waals surface area contributed by atoms with Gasteiger partial charge in [-0.1, -0.05) is 152 Å². The first-order valence-corrected chi connectivity index (χ1v) is 15.0. The van der Waals surface area contributed by atoms with E-state index in [1.807, 2.05) is 48.5 Å². The minimum atomic E-state index is -0.382. The van der Waals surface area contributed by atoms with Crippen molar-refractivity contribution in [2.45, 2.75) is 12.3 Å². The third-order valence-corrected chi connectivity index (χ3v) is 9.07. The van der Waals surface area contributed by atoms with Crippen molar-refractivity contribution in [1.82, 2.24) is 0 Å². The van der Waals surface area contributed by atoms with Crippen LogP contribution in [0.4, 0.5) is 0 Å². The molecule has 0 fully saturated rings. The van der Waals surface area contributed by atoms with E-state index >= 15 is 0 Å². The van der Waals surface area contributed by atoms with Crippen LogP contribution in [0.15, 0.2) is 168 Å². The highest BCUT2D eigenvalue weighted by Gasteiger charge is 2.51. The van der Waals surface area contributed by atoms with Crippen molar-refractivity contribution in [2.75, 3.05) is 0 Å². The summed E-state index contributed by atoms with van der Waals surface area (Å²) in [5.74, 6) is 0.645. The number of amidine groups is 1. The van der Waals surface area contributed by atoms with Crippen LogP contribution in [0.5, 0.6) is 0 Å². The second-order valence-corrected chi connectivity index (χ2v) is 11.5. The van der Waals surface area contributed by atoms with Gasteiger partial charge in [-0.15, -0.1) is 0 Å². The Morgan fingerprint density at radius 1 is 0.455 bits per heavy atom. The average Bonchev–Trinajstić information content (AvgIpc) is 3.56. The number of nitrogens with zero attached hydrogens (tertiary/aromatic N) is 2. The molecule has 2 aliphatic rings. The molecule has 44 heavy (non-hydrogen) atoms. The second-order valence-electron chi connectivity index (χ2n) is 11.5. The largest absolute Gasteiger partial charge is 0.233 e. The molecule has 0 bridgehead atoms. The number of fused-ring (bicyclic) bond motifs is 10. The molecule has 0 saturated carbocycles. The Bertz CT molecular complexity index is 2070. The van der Waals surface area contributed by atoms with Crippen LogP contribution < -0.4 is 0 Å². The quantitative estimate of drug-likeness (QED) is 0.151.